The Morgan fingerprint density at radius 1 is 1.25 bits per heavy atom. The van der Waals surface area contributed by atoms with Crippen molar-refractivity contribution in [3.63, 3.8) is 0 Å². The van der Waals surface area contributed by atoms with Crippen LogP contribution < -0.4 is 4.74 Å². The van der Waals surface area contributed by atoms with Crippen molar-refractivity contribution in [3.05, 3.63) is 29.8 Å². The smallest absolute Gasteiger partial charge is 0.118 e. The highest BCUT2D eigenvalue weighted by Crippen LogP contribution is 2.23. The summed E-state index contributed by atoms with van der Waals surface area (Å²) in [5, 5.41) is 9.71. The lowest BCUT2D eigenvalue weighted by Gasteiger charge is -2.33. The summed E-state index contributed by atoms with van der Waals surface area (Å²) in [5.74, 6) is 1.70. The number of ether oxygens (including phenoxy) is 1. The molecule has 0 radical (unpaired) electrons. The second-order valence-corrected chi connectivity index (χ2v) is 5.86. The van der Waals surface area contributed by atoms with Crippen LogP contribution in [0.1, 0.15) is 31.7 Å². The van der Waals surface area contributed by atoms with Crippen molar-refractivity contribution in [2.75, 3.05) is 26.7 Å². The van der Waals surface area contributed by atoms with Gasteiger partial charge in [0.15, 0.2) is 0 Å². The number of aliphatic hydroxyl groups is 1. The minimum atomic E-state index is -0.159. The van der Waals surface area contributed by atoms with Crippen LogP contribution in [0, 0.1) is 5.92 Å². The largest absolute Gasteiger partial charge is 0.497 e. The number of nitrogens with zero attached hydrogens (tertiary/aromatic N) is 1. The second kappa shape index (κ2) is 7.65. The fourth-order valence-electron chi connectivity index (χ4n) is 2.90. The van der Waals surface area contributed by atoms with Gasteiger partial charge >= 0.3 is 0 Å². The topological polar surface area (TPSA) is 32.7 Å². The minimum Gasteiger partial charge on any atom is -0.497 e. The second-order valence-electron chi connectivity index (χ2n) is 5.86. The predicted molar refractivity (Wildman–Crippen MR) is 82.2 cm³/mol. The zero-order valence-electron chi connectivity index (χ0n) is 12.7. The zero-order valence-corrected chi connectivity index (χ0v) is 12.7. The van der Waals surface area contributed by atoms with Crippen molar-refractivity contribution in [2.45, 2.75) is 38.7 Å². The van der Waals surface area contributed by atoms with Crippen molar-refractivity contribution in [3.8, 4) is 5.75 Å². The molecule has 0 spiro atoms. The molecular formula is C17H27NO2. The van der Waals surface area contributed by atoms with E-state index in [1.165, 1.54) is 18.4 Å². The molecule has 1 aliphatic heterocycles. The van der Waals surface area contributed by atoms with Gasteiger partial charge in [0.2, 0.25) is 0 Å². The van der Waals surface area contributed by atoms with Gasteiger partial charge in [-0.1, -0.05) is 19.1 Å². The number of hydrogen-bond acceptors (Lipinski definition) is 3. The third-order valence-electron chi connectivity index (χ3n) is 4.33. The summed E-state index contributed by atoms with van der Waals surface area (Å²) in [6.45, 7) is 5.13. The lowest BCUT2D eigenvalue weighted by atomic mass is 9.90. The quantitative estimate of drug-likeness (QED) is 0.868. The summed E-state index contributed by atoms with van der Waals surface area (Å²) in [4.78, 5) is 2.40. The molecule has 0 bridgehead atoms. The monoisotopic (exact) mass is 277 g/mol. The highest BCUT2D eigenvalue weighted by atomic mass is 16.5. The van der Waals surface area contributed by atoms with Gasteiger partial charge in [-0.2, -0.15) is 0 Å². The molecule has 1 aliphatic rings. The Balaban J connectivity index is 1.76. The summed E-state index contributed by atoms with van der Waals surface area (Å²) in [5.41, 5.74) is 1.40. The van der Waals surface area contributed by atoms with Gasteiger partial charge < -0.3 is 14.7 Å². The Morgan fingerprint density at radius 3 is 2.45 bits per heavy atom. The number of benzene rings is 1. The van der Waals surface area contributed by atoms with Crippen molar-refractivity contribution < 1.29 is 9.84 Å². The van der Waals surface area contributed by atoms with Crippen LogP contribution in [0.15, 0.2) is 24.3 Å². The van der Waals surface area contributed by atoms with Crippen LogP contribution in [-0.2, 0) is 6.42 Å². The Bertz CT molecular complexity index is 382. The molecule has 1 saturated heterocycles. The number of hydrogen-bond donors (Lipinski definition) is 1. The minimum absolute atomic E-state index is 0.159. The number of rotatable bonds is 6. The third-order valence-corrected chi connectivity index (χ3v) is 4.33. The molecule has 1 N–H and O–H groups in total. The lowest BCUT2D eigenvalue weighted by molar-refractivity contribution is 0.0869. The van der Waals surface area contributed by atoms with Crippen LogP contribution in [0.5, 0.6) is 5.75 Å². The first kappa shape index (κ1) is 15.3. The van der Waals surface area contributed by atoms with Crippen molar-refractivity contribution >= 4 is 0 Å². The molecule has 0 aliphatic carbocycles. The molecule has 1 unspecified atom stereocenters. The van der Waals surface area contributed by atoms with E-state index < -0.39 is 0 Å². The van der Waals surface area contributed by atoms with E-state index in [9.17, 15) is 5.11 Å². The van der Waals surface area contributed by atoms with Crippen LogP contribution in [-0.4, -0.2) is 42.9 Å². The van der Waals surface area contributed by atoms with E-state index in [1.807, 2.05) is 19.1 Å². The summed E-state index contributed by atoms with van der Waals surface area (Å²) in [6, 6.07) is 8.43. The van der Waals surface area contributed by atoms with E-state index in [-0.39, 0.29) is 6.10 Å². The average Bonchev–Trinajstić information content (AvgIpc) is 2.50. The van der Waals surface area contributed by atoms with E-state index >= 15 is 0 Å². The van der Waals surface area contributed by atoms with E-state index in [1.54, 1.807) is 7.11 Å². The molecule has 3 heteroatoms. The molecule has 1 aromatic carbocycles. The van der Waals surface area contributed by atoms with Crippen LogP contribution >= 0.6 is 0 Å². The van der Waals surface area contributed by atoms with Gasteiger partial charge in [-0.15, -0.1) is 0 Å². The molecular weight excluding hydrogens is 250 g/mol. The maximum Gasteiger partial charge on any atom is 0.118 e. The van der Waals surface area contributed by atoms with Gasteiger partial charge in [-0.3, -0.25) is 0 Å². The Morgan fingerprint density at radius 2 is 1.90 bits per heavy atom. The van der Waals surface area contributed by atoms with E-state index in [2.05, 4.69) is 17.0 Å². The SMILES string of the molecule is CCC(O)CN1CCC(Cc2ccc(OC)cc2)CC1. The molecule has 112 valence electrons. The molecule has 1 atom stereocenters. The highest BCUT2D eigenvalue weighted by Gasteiger charge is 2.20. The number of likely N-dealkylation sites (tertiary alicyclic amines) is 1. The standard InChI is InChI=1S/C17H27NO2/c1-3-16(19)13-18-10-8-15(9-11-18)12-14-4-6-17(20-2)7-5-14/h4-7,15-16,19H,3,8-13H2,1-2H3. The average molecular weight is 277 g/mol. The summed E-state index contributed by atoms with van der Waals surface area (Å²) in [7, 11) is 1.70. The molecule has 1 heterocycles. The first-order valence-electron chi connectivity index (χ1n) is 7.74. The van der Waals surface area contributed by atoms with Crippen LogP contribution in [0.3, 0.4) is 0 Å². The van der Waals surface area contributed by atoms with Crippen LogP contribution in [0.4, 0.5) is 0 Å². The molecule has 0 saturated carbocycles. The number of aliphatic hydroxyl groups excluding tert-OH is 1. The highest BCUT2D eigenvalue weighted by molar-refractivity contribution is 5.27. The fourth-order valence-corrected chi connectivity index (χ4v) is 2.90. The normalized spacial score (nSPS) is 18.9. The van der Waals surface area contributed by atoms with Gasteiger partial charge in [0.25, 0.3) is 0 Å². The maximum atomic E-state index is 9.71. The van der Waals surface area contributed by atoms with Crippen LogP contribution in [0.2, 0.25) is 0 Å². The molecule has 3 nitrogen and oxygen atoms in total. The van der Waals surface area contributed by atoms with E-state index in [4.69, 9.17) is 4.74 Å². The van der Waals surface area contributed by atoms with Crippen molar-refractivity contribution in [1.82, 2.24) is 4.90 Å². The van der Waals surface area contributed by atoms with Gasteiger partial charge in [-0.25, -0.2) is 0 Å². The zero-order chi connectivity index (χ0) is 14.4. The molecule has 1 aromatic rings. The fraction of sp³-hybridized carbons (Fsp3) is 0.647. The van der Waals surface area contributed by atoms with E-state index in [0.29, 0.717) is 0 Å². The molecule has 0 amide bonds. The number of methoxy groups -OCH3 is 1. The molecule has 1 fully saturated rings. The van der Waals surface area contributed by atoms with Crippen LogP contribution in [0.25, 0.3) is 0 Å². The van der Waals surface area contributed by atoms with Gasteiger partial charge in [-0.05, 0) is 62.4 Å². The summed E-state index contributed by atoms with van der Waals surface area (Å²) >= 11 is 0. The third kappa shape index (κ3) is 4.50. The maximum absolute atomic E-state index is 9.71. The van der Waals surface area contributed by atoms with Crippen molar-refractivity contribution in [2.24, 2.45) is 5.92 Å². The Kier molecular flexibility index (Phi) is 5.86. The predicted octanol–water partition coefficient (Wildman–Crippen LogP) is 2.72. The molecule has 20 heavy (non-hydrogen) atoms. The first-order valence-corrected chi connectivity index (χ1v) is 7.74. The van der Waals surface area contributed by atoms with Gasteiger partial charge in [0.1, 0.15) is 5.75 Å². The molecule has 0 aromatic heterocycles. The first-order chi connectivity index (χ1) is 9.71. The number of piperidine rings is 1. The lowest BCUT2D eigenvalue weighted by Crippen LogP contribution is -2.39. The van der Waals surface area contributed by atoms with E-state index in [0.717, 1.165) is 44.1 Å². The van der Waals surface area contributed by atoms with Gasteiger partial charge in [0.05, 0.1) is 13.2 Å². The Labute approximate surface area is 122 Å². The summed E-state index contributed by atoms with van der Waals surface area (Å²) < 4.78 is 5.19. The summed E-state index contributed by atoms with van der Waals surface area (Å²) in [6.07, 6.45) is 4.33. The number of β-amino-alcohol motifs (C(OH)–C–C–N with tert-alkyl or cyclic N) is 1. The van der Waals surface area contributed by atoms with Gasteiger partial charge in [0, 0.05) is 6.54 Å². The Hall–Kier alpha value is -1.06. The molecule has 2 rings (SSSR count). The van der Waals surface area contributed by atoms with Crippen molar-refractivity contribution in [1.29, 1.82) is 0 Å².